The van der Waals surface area contributed by atoms with Crippen LogP contribution in [0.1, 0.15) is 90.4 Å². The Morgan fingerprint density at radius 1 is 1.12 bits per heavy atom. The van der Waals surface area contributed by atoms with Crippen LogP contribution in [0.5, 0.6) is 5.88 Å². The average Bonchev–Trinajstić information content (AvgIpc) is 3.57. The van der Waals surface area contributed by atoms with Gasteiger partial charge in [0.25, 0.3) is 5.91 Å². The van der Waals surface area contributed by atoms with E-state index in [-0.39, 0.29) is 60.1 Å². The summed E-state index contributed by atoms with van der Waals surface area (Å²) in [5.74, 6) is 1.03. The number of likely N-dealkylation sites (tertiary alicyclic amines) is 1. The van der Waals surface area contributed by atoms with E-state index in [1.54, 1.807) is 18.3 Å². The molecule has 51 heavy (non-hydrogen) atoms. The number of carbonyl (C=O) groups excluding carboxylic acids is 2. The Bertz CT molecular complexity index is 1710. The number of rotatable bonds is 13. The SMILES string of the molecule is CC(CCC1CN(C(=O)OC(C)(C)C)C(C)(C)C1)Nc1cccc(SNC(=O)c2ccc(-n3ccc(OCCC4(C(F)(F)F)CC4)n3)nc2Cl)n1. The second-order valence-corrected chi connectivity index (χ2v) is 16.2. The van der Waals surface area contributed by atoms with Gasteiger partial charge in [0.05, 0.1) is 17.6 Å². The molecule has 0 bridgehead atoms. The number of anilines is 1. The fourth-order valence-corrected chi connectivity index (χ4v) is 6.98. The van der Waals surface area contributed by atoms with Gasteiger partial charge in [-0.1, -0.05) is 17.7 Å². The van der Waals surface area contributed by atoms with E-state index >= 15 is 0 Å². The molecule has 2 aliphatic rings. The predicted molar refractivity (Wildman–Crippen MR) is 189 cm³/mol. The molecule has 1 saturated carbocycles. The lowest BCUT2D eigenvalue weighted by molar-refractivity contribution is -0.190. The number of alkyl halides is 3. The minimum absolute atomic E-state index is 0.0542. The number of amides is 2. The minimum atomic E-state index is -4.23. The van der Waals surface area contributed by atoms with Crippen molar-refractivity contribution in [2.45, 2.75) is 108 Å². The topological polar surface area (TPSA) is 124 Å². The Labute approximate surface area is 305 Å². The van der Waals surface area contributed by atoms with Crippen molar-refractivity contribution in [2.75, 3.05) is 18.5 Å². The molecular formula is C35H45ClF3N7O4S. The standard InChI is InChI=1S/C35H45ClF3N7O4S/c1-22(10-11-23-20-33(5,6)45(21-23)31(48)50-32(2,3)4)40-25-8-7-9-28(41-25)51-44-30(47)24-12-13-26(42-29(24)36)46-18-14-27(43-46)49-19-17-34(15-16-34)35(37,38)39/h7-9,12-14,18,22-23H,10-11,15-17,19-21H2,1-6H3,(H,40,41)(H,44,47). The molecule has 11 nitrogen and oxygen atoms in total. The molecule has 1 aliphatic carbocycles. The number of aromatic nitrogens is 4. The van der Waals surface area contributed by atoms with Crippen LogP contribution in [-0.2, 0) is 4.74 Å². The number of nitrogens with one attached hydrogen (secondary N) is 2. The van der Waals surface area contributed by atoms with Gasteiger partial charge >= 0.3 is 12.3 Å². The van der Waals surface area contributed by atoms with Crippen LogP contribution in [0.25, 0.3) is 5.82 Å². The summed E-state index contributed by atoms with van der Waals surface area (Å²) in [5.41, 5.74) is -2.31. The van der Waals surface area contributed by atoms with E-state index in [0.29, 0.717) is 29.1 Å². The Hall–Kier alpha value is -3.72. The summed E-state index contributed by atoms with van der Waals surface area (Å²) in [7, 11) is 0. The second-order valence-electron chi connectivity index (χ2n) is 15.0. The highest BCUT2D eigenvalue weighted by Crippen LogP contribution is 2.59. The maximum absolute atomic E-state index is 13.2. The molecule has 2 fully saturated rings. The number of nitrogens with zero attached hydrogens (tertiary/aromatic N) is 5. The number of halogens is 4. The Morgan fingerprint density at radius 2 is 1.86 bits per heavy atom. The number of ether oxygens (including phenoxy) is 2. The maximum atomic E-state index is 13.2. The maximum Gasteiger partial charge on any atom is 0.410 e. The van der Waals surface area contributed by atoms with Crippen LogP contribution < -0.4 is 14.8 Å². The molecule has 2 atom stereocenters. The first-order chi connectivity index (χ1) is 23.8. The molecule has 3 aromatic heterocycles. The van der Waals surface area contributed by atoms with Crippen LogP contribution in [0.4, 0.5) is 23.8 Å². The first-order valence-corrected chi connectivity index (χ1v) is 18.2. The van der Waals surface area contributed by atoms with Crippen LogP contribution in [0.15, 0.2) is 47.6 Å². The van der Waals surface area contributed by atoms with Crippen molar-refractivity contribution in [3.63, 3.8) is 0 Å². The van der Waals surface area contributed by atoms with E-state index < -0.39 is 23.1 Å². The minimum Gasteiger partial charge on any atom is -0.477 e. The predicted octanol–water partition coefficient (Wildman–Crippen LogP) is 8.48. The molecule has 2 N–H and O–H groups in total. The van der Waals surface area contributed by atoms with E-state index in [2.05, 4.69) is 45.9 Å². The fraction of sp³-hybridized carbons (Fsp3) is 0.571. The largest absolute Gasteiger partial charge is 0.477 e. The van der Waals surface area contributed by atoms with Gasteiger partial charge in [-0.05, 0) is 110 Å². The summed E-state index contributed by atoms with van der Waals surface area (Å²) < 4.78 is 54.7. The van der Waals surface area contributed by atoms with Crippen molar-refractivity contribution >= 4 is 41.4 Å². The molecule has 278 valence electrons. The smallest absolute Gasteiger partial charge is 0.410 e. The lowest BCUT2D eigenvalue weighted by Gasteiger charge is -2.33. The molecule has 0 spiro atoms. The molecule has 4 heterocycles. The first kappa shape index (κ1) is 38.5. The van der Waals surface area contributed by atoms with E-state index in [1.165, 1.54) is 16.8 Å². The van der Waals surface area contributed by atoms with Gasteiger partial charge < -0.3 is 19.7 Å². The fourth-order valence-electron chi connectivity index (χ4n) is 6.15. The van der Waals surface area contributed by atoms with Gasteiger partial charge in [-0.2, -0.15) is 13.2 Å². The molecule has 5 rings (SSSR count). The van der Waals surface area contributed by atoms with Crippen molar-refractivity contribution in [3.8, 4) is 11.7 Å². The van der Waals surface area contributed by atoms with Crippen LogP contribution in [0.3, 0.4) is 0 Å². The Morgan fingerprint density at radius 3 is 2.53 bits per heavy atom. The summed E-state index contributed by atoms with van der Waals surface area (Å²) in [5, 5.41) is 8.16. The molecule has 16 heteroatoms. The quantitative estimate of drug-likeness (QED) is 0.131. The molecule has 1 aliphatic heterocycles. The van der Waals surface area contributed by atoms with Crippen molar-refractivity contribution in [3.05, 3.63) is 53.3 Å². The summed E-state index contributed by atoms with van der Waals surface area (Å²) in [4.78, 5) is 36.5. The summed E-state index contributed by atoms with van der Waals surface area (Å²) in [6, 6.07) is 10.2. The zero-order chi connectivity index (χ0) is 37.2. The van der Waals surface area contributed by atoms with E-state index in [4.69, 9.17) is 21.1 Å². The van der Waals surface area contributed by atoms with Crippen molar-refractivity contribution < 1.29 is 32.2 Å². The monoisotopic (exact) mass is 751 g/mol. The number of hydrogen-bond acceptors (Lipinski definition) is 9. The zero-order valence-corrected chi connectivity index (χ0v) is 31.2. The molecule has 2 unspecified atom stereocenters. The van der Waals surface area contributed by atoms with Crippen molar-refractivity contribution in [2.24, 2.45) is 11.3 Å². The van der Waals surface area contributed by atoms with Gasteiger partial charge in [-0.15, -0.1) is 5.10 Å². The van der Waals surface area contributed by atoms with Gasteiger partial charge in [0, 0.05) is 42.3 Å². The Kier molecular flexibility index (Phi) is 11.4. The van der Waals surface area contributed by atoms with Crippen LogP contribution in [0.2, 0.25) is 5.15 Å². The summed E-state index contributed by atoms with van der Waals surface area (Å²) in [6.45, 7) is 12.4. The third kappa shape index (κ3) is 10.00. The van der Waals surface area contributed by atoms with Gasteiger partial charge in [-0.25, -0.2) is 19.4 Å². The highest BCUT2D eigenvalue weighted by molar-refractivity contribution is 7.97. The summed E-state index contributed by atoms with van der Waals surface area (Å²) >= 11 is 7.40. The van der Waals surface area contributed by atoms with Crippen LogP contribution >= 0.6 is 23.5 Å². The number of hydrogen-bond donors (Lipinski definition) is 2. The van der Waals surface area contributed by atoms with Gasteiger partial charge in [0.1, 0.15) is 21.6 Å². The molecule has 0 radical (unpaired) electrons. The average molecular weight is 752 g/mol. The van der Waals surface area contributed by atoms with Crippen LogP contribution in [0, 0.1) is 11.3 Å². The van der Waals surface area contributed by atoms with E-state index in [0.717, 1.165) is 31.2 Å². The van der Waals surface area contributed by atoms with Gasteiger partial charge in [0.15, 0.2) is 5.82 Å². The zero-order valence-electron chi connectivity index (χ0n) is 29.6. The highest BCUT2D eigenvalue weighted by atomic mass is 35.5. The van der Waals surface area contributed by atoms with Crippen LogP contribution in [-0.4, -0.2) is 73.2 Å². The third-order valence-corrected chi connectivity index (χ3v) is 10.1. The number of pyridine rings is 2. The van der Waals surface area contributed by atoms with Gasteiger partial charge in [0.2, 0.25) is 5.88 Å². The normalized spacial score (nSPS) is 18.6. The lowest BCUT2D eigenvalue weighted by Crippen LogP contribution is -2.45. The Balaban J connectivity index is 1.07. The number of carbonyl (C=O) groups is 2. The first-order valence-electron chi connectivity index (χ1n) is 17.0. The molecule has 3 aromatic rings. The second kappa shape index (κ2) is 15.1. The highest BCUT2D eigenvalue weighted by Gasteiger charge is 2.62. The van der Waals surface area contributed by atoms with Crippen molar-refractivity contribution in [1.82, 2.24) is 29.4 Å². The molecule has 2 amide bonds. The van der Waals surface area contributed by atoms with Crippen molar-refractivity contribution in [1.29, 1.82) is 0 Å². The third-order valence-electron chi connectivity index (χ3n) is 9.11. The molecule has 0 aromatic carbocycles. The lowest BCUT2D eigenvalue weighted by atomic mass is 9.92. The van der Waals surface area contributed by atoms with E-state index in [1.807, 2.05) is 37.8 Å². The van der Waals surface area contributed by atoms with Gasteiger partial charge in [-0.3, -0.25) is 9.52 Å². The van der Waals surface area contributed by atoms with E-state index in [9.17, 15) is 22.8 Å². The molecular weight excluding hydrogens is 707 g/mol. The summed E-state index contributed by atoms with van der Waals surface area (Å²) in [6.07, 6.45) is -0.110. The molecule has 1 saturated heterocycles.